The topological polar surface area (TPSA) is 49.4 Å². The number of nitrogens with zero attached hydrogens (tertiary/aromatic N) is 1. The Kier molecular flexibility index (Phi) is 6.30. The summed E-state index contributed by atoms with van der Waals surface area (Å²) < 4.78 is 27.0. The van der Waals surface area contributed by atoms with Crippen molar-refractivity contribution in [3.63, 3.8) is 0 Å². The molecule has 1 saturated heterocycles. The first kappa shape index (κ1) is 16.2. The first-order valence-corrected chi connectivity index (χ1v) is 9.96. The lowest BCUT2D eigenvalue weighted by atomic mass is 9.79. The van der Waals surface area contributed by atoms with Crippen molar-refractivity contribution in [3.8, 4) is 0 Å². The van der Waals surface area contributed by atoms with Crippen LogP contribution in [0.3, 0.4) is 0 Å². The van der Waals surface area contributed by atoms with E-state index in [9.17, 15) is 8.42 Å². The van der Waals surface area contributed by atoms with Crippen LogP contribution in [0.4, 0.5) is 0 Å². The predicted octanol–water partition coefficient (Wildman–Crippen LogP) is 2.36. The Morgan fingerprint density at radius 2 is 1.85 bits per heavy atom. The number of nitrogens with one attached hydrogen (secondary N) is 1. The van der Waals surface area contributed by atoms with E-state index in [1.807, 2.05) is 4.31 Å². The van der Waals surface area contributed by atoms with Gasteiger partial charge in [-0.25, -0.2) is 8.42 Å². The van der Waals surface area contributed by atoms with Gasteiger partial charge in [0, 0.05) is 12.6 Å². The lowest BCUT2D eigenvalue weighted by Crippen LogP contribution is -2.50. The highest BCUT2D eigenvalue weighted by Gasteiger charge is 2.38. The van der Waals surface area contributed by atoms with Crippen LogP contribution in [0.15, 0.2) is 0 Å². The van der Waals surface area contributed by atoms with Crippen LogP contribution in [0.1, 0.15) is 58.3 Å². The Balaban J connectivity index is 1.87. The van der Waals surface area contributed by atoms with Gasteiger partial charge in [0.05, 0.1) is 5.75 Å². The largest absolute Gasteiger partial charge is 0.317 e. The Morgan fingerprint density at radius 1 is 1.10 bits per heavy atom. The van der Waals surface area contributed by atoms with Gasteiger partial charge < -0.3 is 5.32 Å². The van der Waals surface area contributed by atoms with Crippen molar-refractivity contribution in [2.24, 2.45) is 5.92 Å². The van der Waals surface area contributed by atoms with Gasteiger partial charge in [-0.1, -0.05) is 19.8 Å². The number of fused-ring (bicyclic) bond motifs is 1. The monoisotopic (exact) mass is 302 g/mol. The van der Waals surface area contributed by atoms with Crippen molar-refractivity contribution < 1.29 is 8.42 Å². The van der Waals surface area contributed by atoms with Crippen molar-refractivity contribution >= 4 is 10.0 Å². The van der Waals surface area contributed by atoms with Crippen molar-refractivity contribution in [2.75, 3.05) is 25.4 Å². The summed E-state index contributed by atoms with van der Waals surface area (Å²) in [5, 5.41) is 3.28. The smallest absolute Gasteiger partial charge is 0.214 e. The zero-order valence-corrected chi connectivity index (χ0v) is 13.6. The SMILES string of the molecule is CCCNCCCS(=O)(=O)N1CCCC2CCCCC21. The van der Waals surface area contributed by atoms with E-state index in [-0.39, 0.29) is 0 Å². The molecule has 0 amide bonds. The van der Waals surface area contributed by atoms with Gasteiger partial charge >= 0.3 is 0 Å². The fourth-order valence-corrected chi connectivity index (χ4v) is 5.56. The quantitative estimate of drug-likeness (QED) is 0.735. The van der Waals surface area contributed by atoms with Crippen molar-refractivity contribution in [3.05, 3.63) is 0 Å². The van der Waals surface area contributed by atoms with E-state index >= 15 is 0 Å². The molecule has 0 radical (unpaired) electrons. The van der Waals surface area contributed by atoms with Crippen LogP contribution < -0.4 is 5.32 Å². The summed E-state index contributed by atoms with van der Waals surface area (Å²) in [4.78, 5) is 0. The standard InChI is InChI=1S/C15H30N2O2S/c1-2-10-16-11-6-13-20(18,19)17-12-5-8-14-7-3-4-9-15(14)17/h14-16H,2-13H2,1H3. The summed E-state index contributed by atoms with van der Waals surface area (Å²) in [6.07, 6.45) is 8.91. The van der Waals surface area contributed by atoms with E-state index in [1.54, 1.807) is 0 Å². The summed E-state index contributed by atoms with van der Waals surface area (Å²) in [5.74, 6) is 0.943. The van der Waals surface area contributed by atoms with Gasteiger partial charge in [-0.2, -0.15) is 4.31 Å². The van der Waals surface area contributed by atoms with Gasteiger partial charge in [-0.3, -0.25) is 0 Å². The summed E-state index contributed by atoms with van der Waals surface area (Å²) in [6, 6.07) is 0.311. The third-order valence-corrected chi connectivity index (χ3v) is 6.70. The molecular formula is C15H30N2O2S. The molecule has 1 aliphatic carbocycles. The molecule has 2 unspecified atom stereocenters. The molecule has 118 valence electrons. The van der Waals surface area contributed by atoms with Crippen LogP contribution in [0, 0.1) is 5.92 Å². The third-order valence-electron chi connectivity index (χ3n) is 4.73. The molecule has 5 heteroatoms. The molecule has 1 aliphatic heterocycles. The average molecular weight is 302 g/mol. The van der Waals surface area contributed by atoms with Gasteiger partial charge in [-0.15, -0.1) is 0 Å². The van der Waals surface area contributed by atoms with Crippen LogP contribution in [0.2, 0.25) is 0 Å². The molecule has 2 atom stereocenters. The summed E-state index contributed by atoms with van der Waals surface area (Å²) in [5.41, 5.74) is 0. The van der Waals surface area contributed by atoms with Crippen molar-refractivity contribution in [1.82, 2.24) is 9.62 Å². The van der Waals surface area contributed by atoms with Crippen molar-refractivity contribution in [2.45, 2.75) is 64.3 Å². The molecule has 2 aliphatic rings. The molecule has 2 fully saturated rings. The Morgan fingerprint density at radius 3 is 2.65 bits per heavy atom. The second-order valence-corrected chi connectivity index (χ2v) is 8.33. The van der Waals surface area contributed by atoms with Crippen molar-refractivity contribution in [1.29, 1.82) is 0 Å². The van der Waals surface area contributed by atoms with Crippen LogP contribution >= 0.6 is 0 Å². The van der Waals surface area contributed by atoms with Gasteiger partial charge in [0.1, 0.15) is 0 Å². The molecular weight excluding hydrogens is 272 g/mol. The third kappa shape index (κ3) is 4.18. The van der Waals surface area contributed by atoms with E-state index in [4.69, 9.17) is 0 Å². The molecule has 0 aromatic heterocycles. The van der Waals surface area contributed by atoms with Gasteiger partial charge in [0.2, 0.25) is 10.0 Å². The molecule has 0 spiro atoms. The molecule has 0 aromatic rings. The minimum atomic E-state index is -3.05. The minimum absolute atomic E-state index is 0.311. The molecule has 1 N–H and O–H groups in total. The number of hydrogen-bond donors (Lipinski definition) is 1. The second kappa shape index (κ2) is 7.76. The van der Waals surface area contributed by atoms with Crippen LogP contribution in [-0.4, -0.2) is 44.2 Å². The van der Waals surface area contributed by atoms with E-state index in [1.165, 1.54) is 25.7 Å². The number of piperidine rings is 1. The number of sulfonamides is 1. The summed E-state index contributed by atoms with van der Waals surface area (Å²) in [6.45, 7) is 4.68. The highest BCUT2D eigenvalue weighted by molar-refractivity contribution is 7.89. The molecule has 1 saturated carbocycles. The van der Waals surface area contributed by atoms with Crippen LogP contribution in [0.5, 0.6) is 0 Å². The second-order valence-electron chi connectivity index (χ2n) is 6.28. The first-order valence-electron chi connectivity index (χ1n) is 8.35. The molecule has 0 bridgehead atoms. The molecule has 4 nitrogen and oxygen atoms in total. The zero-order chi connectivity index (χ0) is 14.4. The lowest BCUT2D eigenvalue weighted by molar-refractivity contribution is 0.129. The van der Waals surface area contributed by atoms with E-state index in [0.29, 0.717) is 17.7 Å². The Hall–Kier alpha value is -0.130. The maximum absolute atomic E-state index is 12.6. The molecule has 0 aromatic carbocycles. The van der Waals surface area contributed by atoms with Gasteiger partial charge in [-0.05, 0) is 57.5 Å². The minimum Gasteiger partial charge on any atom is -0.317 e. The molecule has 20 heavy (non-hydrogen) atoms. The first-order chi connectivity index (χ1) is 9.65. The van der Waals surface area contributed by atoms with Crippen LogP contribution in [-0.2, 0) is 10.0 Å². The maximum Gasteiger partial charge on any atom is 0.214 e. The number of rotatable bonds is 7. The predicted molar refractivity (Wildman–Crippen MR) is 83.3 cm³/mol. The Bertz CT molecular complexity index is 381. The van der Waals surface area contributed by atoms with E-state index in [0.717, 1.165) is 45.3 Å². The fourth-order valence-electron chi connectivity index (χ4n) is 3.72. The molecule has 1 heterocycles. The highest BCUT2D eigenvalue weighted by Crippen LogP contribution is 2.36. The maximum atomic E-state index is 12.6. The lowest BCUT2D eigenvalue weighted by Gasteiger charge is -2.43. The van der Waals surface area contributed by atoms with E-state index in [2.05, 4.69) is 12.2 Å². The normalized spacial score (nSPS) is 28.2. The van der Waals surface area contributed by atoms with Crippen LogP contribution in [0.25, 0.3) is 0 Å². The zero-order valence-electron chi connectivity index (χ0n) is 12.8. The molecule has 2 rings (SSSR count). The fraction of sp³-hybridized carbons (Fsp3) is 1.00. The van der Waals surface area contributed by atoms with Gasteiger partial charge in [0.15, 0.2) is 0 Å². The Labute approximate surface area is 124 Å². The summed E-state index contributed by atoms with van der Waals surface area (Å²) >= 11 is 0. The average Bonchev–Trinajstić information content (AvgIpc) is 2.46. The highest BCUT2D eigenvalue weighted by atomic mass is 32.2. The number of hydrogen-bond acceptors (Lipinski definition) is 3. The summed E-state index contributed by atoms with van der Waals surface area (Å²) in [7, 11) is -3.05. The van der Waals surface area contributed by atoms with E-state index < -0.39 is 10.0 Å². The van der Waals surface area contributed by atoms with Gasteiger partial charge in [0.25, 0.3) is 0 Å².